The number of aryl methyl sites for hydroxylation is 1. The zero-order chi connectivity index (χ0) is 19.4. The summed E-state index contributed by atoms with van der Waals surface area (Å²) in [6.45, 7) is 2.69. The summed E-state index contributed by atoms with van der Waals surface area (Å²) in [7, 11) is 0. The number of hydrogen-bond acceptors (Lipinski definition) is 4. The van der Waals surface area contributed by atoms with Gasteiger partial charge < -0.3 is 9.84 Å². The normalized spacial score (nSPS) is 18.8. The molecule has 0 aromatic heterocycles. The number of piperidine rings is 1. The van der Waals surface area contributed by atoms with Gasteiger partial charge in [-0.1, -0.05) is 42.5 Å². The van der Waals surface area contributed by atoms with Crippen LogP contribution >= 0.6 is 0 Å². The van der Waals surface area contributed by atoms with E-state index in [9.17, 15) is 4.79 Å². The largest absolute Gasteiger partial charge is 0.487 e. The molecule has 1 fully saturated rings. The topological polar surface area (TPSA) is 49.8 Å². The first-order valence-electron chi connectivity index (χ1n) is 10.1. The van der Waals surface area contributed by atoms with E-state index in [-0.39, 0.29) is 11.4 Å². The van der Waals surface area contributed by atoms with Crippen molar-refractivity contribution in [3.8, 4) is 5.75 Å². The lowest BCUT2D eigenvalue weighted by molar-refractivity contribution is -0.117. The minimum absolute atomic E-state index is 0.0373. The molecular weight excluding hydrogens is 350 g/mol. The highest BCUT2D eigenvalue weighted by atomic mass is 16.5. The SMILES string of the molecule is O=C(/C=C/c1ccc2c(c1)CCC1(CCN(Cc3ccccc3)CC1)O2)CO. The third kappa shape index (κ3) is 4.34. The predicted octanol–water partition coefficient (Wildman–Crippen LogP) is 3.62. The van der Waals surface area contributed by atoms with Crippen LogP contribution in [0.4, 0.5) is 0 Å². The molecular formula is C24H27NO3. The summed E-state index contributed by atoms with van der Waals surface area (Å²) < 4.78 is 6.50. The number of hydrogen-bond donors (Lipinski definition) is 1. The first kappa shape index (κ1) is 18.9. The Kier molecular flexibility index (Phi) is 5.60. The van der Waals surface area contributed by atoms with Gasteiger partial charge in [-0.15, -0.1) is 0 Å². The van der Waals surface area contributed by atoms with Gasteiger partial charge in [0.15, 0.2) is 5.78 Å². The van der Waals surface area contributed by atoms with E-state index in [2.05, 4.69) is 41.3 Å². The number of aliphatic hydroxyl groups is 1. The molecule has 0 aliphatic carbocycles. The second-order valence-electron chi connectivity index (χ2n) is 7.87. The van der Waals surface area contributed by atoms with Crippen LogP contribution in [0.15, 0.2) is 54.6 Å². The van der Waals surface area contributed by atoms with Crippen molar-refractivity contribution in [2.45, 2.75) is 37.8 Å². The minimum atomic E-state index is -0.450. The van der Waals surface area contributed by atoms with Crippen LogP contribution in [0.2, 0.25) is 0 Å². The summed E-state index contributed by atoms with van der Waals surface area (Å²) in [5.41, 5.74) is 3.51. The third-order valence-electron chi connectivity index (χ3n) is 5.89. The zero-order valence-electron chi connectivity index (χ0n) is 16.1. The van der Waals surface area contributed by atoms with E-state index in [4.69, 9.17) is 9.84 Å². The molecule has 0 atom stereocenters. The first-order chi connectivity index (χ1) is 13.7. The van der Waals surface area contributed by atoms with Gasteiger partial charge in [0, 0.05) is 19.6 Å². The number of fused-ring (bicyclic) bond motifs is 1. The van der Waals surface area contributed by atoms with Gasteiger partial charge in [0.1, 0.15) is 18.0 Å². The van der Waals surface area contributed by atoms with E-state index < -0.39 is 6.61 Å². The molecule has 2 aliphatic rings. The molecule has 2 heterocycles. The molecule has 28 heavy (non-hydrogen) atoms. The minimum Gasteiger partial charge on any atom is -0.487 e. The Hall–Kier alpha value is -2.43. The van der Waals surface area contributed by atoms with Gasteiger partial charge in [0.25, 0.3) is 0 Å². The summed E-state index contributed by atoms with van der Waals surface area (Å²) in [5, 5.41) is 8.82. The Balaban J connectivity index is 1.38. The Morgan fingerprint density at radius 1 is 1.11 bits per heavy atom. The molecule has 1 spiro atoms. The highest BCUT2D eigenvalue weighted by molar-refractivity contribution is 5.94. The molecule has 4 heteroatoms. The number of carbonyl (C=O) groups is 1. The maximum atomic E-state index is 11.3. The van der Waals surface area contributed by atoms with E-state index in [1.165, 1.54) is 17.2 Å². The highest BCUT2D eigenvalue weighted by Gasteiger charge is 2.39. The fourth-order valence-electron chi connectivity index (χ4n) is 4.20. The van der Waals surface area contributed by atoms with Crippen molar-refractivity contribution in [2.75, 3.05) is 19.7 Å². The lowest BCUT2D eigenvalue weighted by Crippen LogP contribution is -2.49. The van der Waals surface area contributed by atoms with Crippen LogP contribution in [0.1, 0.15) is 36.0 Å². The molecule has 1 N–H and O–H groups in total. The maximum absolute atomic E-state index is 11.3. The Morgan fingerprint density at radius 2 is 1.89 bits per heavy atom. The van der Waals surface area contributed by atoms with Crippen molar-refractivity contribution < 1.29 is 14.6 Å². The zero-order valence-corrected chi connectivity index (χ0v) is 16.1. The van der Waals surface area contributed by atoms with Crippen molar-refractivity contribution in [1.82, 2.24) is 4.90 Å². The second kappa shape index (κ2) is 8.29. The fourth-order valence-corrected chi connectivity index (χ4v) is 4.20. The number of ether oxygens (including phenoxy) is 1. The molecule has 146 valence electrons. The van der Waals surface area contributed by atoms with Gasteiger partial charge in [0.2, 0.25) is 0 Å². The standard InChI is InChI=1S/C24H27NO3/c26-18-22(27)8-6-19-7-9-23-21(16-19)10-11-24(28-23)12-14-25(15-13-24)17-20-4-2-1-3-5-20/h1-9,16,26H,10-15,17-18H2/b8-6+. The van der Waals surface area contributed by atoms with E-state index in [1.54, 1.807) is 6.08 Å². The van der Waals surface area contributed by atoms with E-state index >= 15 is 0 Å². The van der Waals surface area contributed by atoms with Gasteiger partial charge >= 0.3 is 0 Å². The Labute approximate surface area is 166 Å². The van der Waals surface area contributed by atoms with Crippen LogP contribution in [-0.2, 0) is 17.8 Å². The summed E-state index contributed by atoms with van der Waals surface area (Å²) in [6, 6.07) is 16.7. The molecule has 2 aromatic carbocycles. The number of benzene rings is 2. The van der Waals surface area contributed by atoms with Crippen LogP contribution in [0.3, 0.4) is 0 Å². The summed E-state index contributed by atoms with van der Waals surface area (Å²) in [4.78, 5) is 13.8. The average Bonchev–Trinajstić information content (AvgIpc) is 2.74. The summed E-state index contributed by atoms with van der Waals surface area (Å²) in [5.74, 6) is 0.698. The quantitative estimate of drug-likeness (QED) is 0.809. The summed E-state index contributed by atoms with van der Waals surface area (Å²) >= 11 is 0. The van der Waals surface area contributed by atoms with Crippen LogP contribution in [-0.4, -0.2) is 41.1 Å². The summed E-state index contributed by atoms with van der Waals surface area (Å²) in [6.07, 6.45) is 7.35. The molecule has 0 bridgehead atoms. The van der Waals surface area contributed by atoms with Gasteiger partial charge in [-0.3, -0.25) is 9.69 Å². The van der Waals surface area contributed by atoms with Crippen LogP contribution < -0.4 is 4.74 Å². The number of nitrogens with zero attached hydrogens (tertiary/aromatic N) is 1. The van der Waals surface area contributed by atoms with Crippen molar-refractivity contribution >= 4 is 11.9 Å². The van der Waals surface area contributed by atoms with Crippen molar-refractivity contribution in [1.29, 1.82) is 0 Å². The molecule has 2 aliphatic heterocycles. The van der Waals surface area contributed by atoms with E-state index in [0.29, 0.717) is 0 Å². The van der Waals surface area contributed by atoms with Crippen molar-refractivity contribution in [3.63, 3.8) is 0 Å². The number of aliphatic hydroxyl groups excluding tert-OH is 1. The molecule has 2 aromatic rings. The maximum Gasteiger partial charge on any atom is 0.181 e. The van der Waals surface area contributed by atoms with Gasteiger partial charge in [0.05, 0.1) is 0 Å². The van der Waals surface area contributed by atoms with Crippen LogP contribution in [0.25, 0.3) is 6.08 Å². The lowest BCUT2D eigenvalue weighted by Gasteiger charge is -2.44. The van der Waals surface area contributed by atoms with Gasteiger partial charge in [-0.25, -0.2) is 0 Å². The Bertz CT molecular complexity index is 851. The first-order valence-corrected chi connectivity index (χ1v) is 10.1. The number of carbonyl (C=O) groups excluding carboxylic acids is 1. The van der Waals surface area contributed by atoms with Crippen molar-refractivity contribution in [3.05, 3.63) is 71.3 Å². The number of likely N-dealkylation sites (tertiary alicyclic amines) is 1. The molecule has 0 saturated carbocycles. The van der Waals surface area contributed by atoms with Gasteiger partial charge in [-0.2, -0.15) is 0 Å². The van der Waals surface area contributed by atoms with E-state index in [1.807, 2.05) is 12.1 Å². The predicted molar refractivity (Wildman–Crippen MR) is 110 cm³/mol. The molecule has 0 radical (unpaired) electrons. The molecule has 0 amide bonds. The molecule has 4 rings (SSSR count). The van der Waals surface area contributed by atoms with Crippen LogP contribution in [0, 0.1) is 0 Å². The smallest absolute Gasteiger partial charge is 0.181 e. The van der Waals surface area contributed by atoms with Crippen molar-refractivity contribution in [2.24, 2.45) is 0 Å². The average molecular weight is 377 g/mol. The second-order valence-corrected chi connectivity index (χ2v) is 7.87. The van der Waals surface area contributed by atoms with E-state index in [0.717, 1.165) is 56.6 Å². The third-order valence-corrected chi connectivity index (χ3v) is 5.89. The fraction of sp³-hybridized carbons (Fsp3) is 0.375. The Morgan fingerprint density at radius 3 is 2.64 bits per heavy atom. The molecule has 0 unspecified atom stereocenters. The van der Waals surface area contributed by atoms with Crippen LogP contribution in [0.5, 0.6) is 5.75 Å². The molecule has 1 saturated heterocycles. The molecule has 4 nitrogen and oxygen atoms in total. The van der Waals surface area contributed by atoms with Gasteiger partial charge in [-0.05, 0) is 60.6 Å². The highest BCUT2D eigenvalue weighted by Crippen LogP contribution is 2.40. The number of rotatable bonds is 5. The number of ketones is 1. The monoisotopic (exact) mass is 377 g/mol. The lowest BCUT2D eigenvalue weighted by atomic mass is 9.82.